The van der Waals surface area contributed by atoms with Gasteiger partial charge in [-0.2, -0.15) is 0 Å². The lowest BCUT2D eigenvalue weighted by Crippen LogP contribution is -2.30. The van der Waals surface area contributed by atoms with Gasteiger partial charge in [0.05, 0.1) is 83.9 Å². The van der Waals surface area contributed by atoms with E-state index in [0.717, 1.165) is 178 Å². The molecule has 0 aliphatic carbocycles. The molecule has 0 amide bonds. The number of aromatic nitrogens is 3. The summed E-state index contributed by atoms with van der Waals surface area (Å²) in [6, 6.07) is 120. The molecule has 0 N–H and O–H groups in total. The first-order chi connectivity index (χ1) is 66.9. The second-order valence-electron chi connectivity index (χ2n) is 39.8. The van der Waals surface area contributed by atoms with Gasteiger partial charge in [-0.1, -0.05) is 368 Å². The van der Waals surface area contributed by atoms with Crippen LogP contribution >= 0.6 is 0 Å². The van der Waals surface area contributed by atoms with Gasteiger partial charge >= 0.3 is 0 Å². The number of para-hydroxylation sites is 5. The number of rotatable bonds is 11. The Morgan fingerprint density at radius 1 is 0.260 bits per heavy atom. The van der Waals surface area contributed by atoms with E-state index in [4.69, 9.17) is 4.42 Å². The SMILES string of the molecule is [2H]c1c([2H])c([2H])c2c(c1[2H])c1c([2H])c([2H])c([2H])c([2H])c1n2-c1cc2c3c(c1)N(c1c(-c4ccccc4)cc4c(c1-c1ccccc1)c1ccccc1n4-c1ccccc1)c1cc(-n4c5ccc(C(C)(C)C)cc5c5cc(C(C)(C)C)ccc54)ccc1C3c1cc(-c3cc(C(C)(C)C)cc(C(C)(C)C)c3)ccc1N2c1c(-c2ccccc2)cc2oc3c(-c4ccccc4)cccc3c2c1-c1ccccc1. The van der Waals surface area contributed by atoms with Crippen LogP contribution < -0.4 is 9.80 Å². The van der Waals surface area contributed by atoms with E-state index >= 15 is 0 Å². The fraction of sp³-hybridized carbons (Fsp3) is 0.136. The van der Waals surface area contributed by atoms with E-state index in [-0.39, 0.29) is 43.5 Å². The first kappa shape index (κ1) is 70.8. The molecule has 131 heavy (non-hydrogen) atoms. The minimum absolute atomic E-state index is 0.0163. The summed E-state index contributed by atoms with van der Waals surface area (Å²) in [7, 11) is 0. The first-order valence-electron chi connectivity index (χ1n) is 49.7. The average Bonchev–Trinajstić information content (AvgIpc) is 1.64. The molecule has 22 aromatic rings. The number of benzene rings is 18. The van der Waals surface area contributed by atoms with Crippen LogP contribution in [0.2, 0.25) is 0 Å². The fourth-order valence-electron chi connectivity index (χ4n) is 21.2. The Hall–Kier alpha value is -15.2. The highest BCUT2D eigenvalue weighted by atomic mass is 16.3. The number of fused-ring (bicyclic) bond motifs is 16. The van der Waals surface area contributed by atoms with Crippen molar-refractivity contribution in [3.63, 3.8) is 0 Å². The minimum Gasteiger partial charge on any atom is -0.455 e. The number of anilines is 6. The van der Waals surface area contributed by atoms with Gasteiger partial charge in [-0.15, -0.1) is 0 Å². The summed E-state index contributed by atoms with van der Waals surface area (Å²) < 4.78 is 94.8. The molecule has 4 aromatic heterocycles. The van der Waals surface area contributed by atoms with Crippen LogP contribution in [0.3, 0.4) is 0 Å². The zero-order chi connectivity index (χ0) is 95.8. The van der Waals surface area contributed by atoms with E-state index in [0.29, 0.717) is 22.6 Å². The second-order valence-corrected chi connectivity index (χ2v) is 39.8. The van der Waals surface area contributed by atoms with Gasteiger partial charge in [0.15, 0.2) is 0 Å². The molecular formula is C125H101N5O. The van der Waals surface area contributed by atoms with Gasteiger partial charge in [0.2, 0.25) is 0 Å². The molecule has 2 aliphatic rings. The lowest BCUT2D eigenvalue weighted by Gasteiger charge is -2.47. The monoisotopic (exact) mass is 1700 g/mol. The van der Waals surface area contributed by atoms with Gasteiger partial charge in [0.1, 0.15) is 11.2 Å². The molecule has 1 unspecified atom stereocenters. The summed E-state index contributed by atoms with van der Waals surface area (Å²) in [5.41, 5.74) is 30.2. The van der Waals surface area contributed by atoms with E-state index in [1.807, 2.05) is 6.07 Å². The Bertz CT molecular complexity index is 8760. The average molecular weight is 1700 g/mol. The molecule has 18 aromatic carbocycles. The van der Waals surface area contributed by atoms with Crippen molar-refractivity contribution in [1.29, 1.82) is 0 Å². The van der Waals surface area contributed by atoms with Gasteiger partial charge in [0, 0.05) is 93.8 Å². The summed E-state index contributed by atoms with van der Waals surface area (Å²) in [6.45, 7) is 27.5. The maximum absolute atomic E-state index is 10.6. The maximum atomic E-state index is 10.6. The van der Waals surface area contributed by atoms with Gasteiger partial charge < -0.3 is 27.9 Å². The van der Waals surface area contributed by atoms with E-state index in [9.17, 15) is 11.0 Å². The third-order valence-electron chi connectivity index (χ3n) is 27.6. The molecule has 0 saturated heterocycles. The van der Waals surface area contributed by atoms with Crippen molar-refractivity contribution in [2.75, 3.05) is 9.80 Å². The van der Waals surface area contributed by atoms with Crippen LogP contribution in [0.25, 0.3) is 171 Å². The Balaban J connectivity index is 0.960. The van der Waals surface area contributed by atoms with E-state index < -0.39 is 54.3 Å². The Morgan fingerprint density at radius 2 is 0.710 bits per heavy atom. The summed E-state index contributed by atoms with van der Waals surface area (Å²) in [4.78, 5) is 5.01. The molecule has 6 heteroatoms. The van der Waals surface area contributed by atoms with Crippen molar-refractivity contribution in [2.24, 2.45) is 0 Å². The Morgan fingerprint density at radius 3 is 1.26 bits per heavy atom. The Kier molecular flexibility index (Phi) is 16.0. The van der Waals surface area contributed by atoms with Crippen LogP contribution in [0.5, 0.6) is 0 Å². The van der Waals surface area contributed by atoms with E-state index in [2.05, 4.69) is 436 Å². The van der Waals surface area contributed by atoms with Crippen LogP contribution in [0, 0.1) is 0 Å². The summed E-state index contributed by atoms with van der Waals surface area (Å²) in [5.74, 6) is -0.677. The van der Waals surface area contributed by atoms with Crippen molar-refractivity contribution in [2.45, 2.75) is 111 Å². The molecule has 0 radical (unpaired) electrons. The highest BCUT2D eigenvalue weighted by molar-refractivity contribution is 6.25. The van der Waals surface area contributed by atoms with Crippen molar-refractivity contribution in [1.82, 2.24) is 13.7 Å². The predicted octanol–water partition coefficient (Wildman–Crippen LogP) is 34.8. The summed E-state index contributed by atoms with van der Waals surface area (Å²) in [5, 5.41) is 5.96. The third kappa shape index (κ3) is 12.6. The standard InChI is InChI=1S/C125H101N5O/c1-122(2,3)84-59-64-105-99(70-84)100-71-85(123(4,5)6)60-65-106(100)127(105)89-61-62-95-108(72-89)130(119-97(78-40-21-14-22-41-78)75-111-116(113(119)80-44-25-16-26-45-80)94-52-33-36-57-104(94)126(111)88-48-29-18-30-49-88)110-74-90(128-102-55-34-31-50-92(102)93-51-32-35-56-103(93)128)73-109-118(110)115(95)101-68-82(83-66-86(124(7,8)9)69-87(67-83)125(10,11)12)58-63-107(101)129(109)120-98(79-42-23-15-24-43-79)76-112-117(114(120)81-46-27-17-28-47-81)96-54-37-53-91(121(96)131-112)77-38-19-13-20-39-77/h13-76,115H,1-12H3/i31D,32D,34D,35D,50D,51D,55D,56D. The van der Waals surface area contributed by atoms with Crippen LogP contribution in [0.1, 0.15) is 139 Å². The van der Waals surface area contributed by atoms with Gasteiger partial charge in [0.25, 0.3) is 0 Å². The molecule has 6 heterocycles. The largest absolute Gasteiger partial charge is 0.455 e. The molecule has 0 fully saturated rings. The van der Waals surface area contributed by atoms with Crippen LogP contribution in [-0.2, 0) is 21.7 Å². The van der Waals surface area contributed by atoms with E-state index in [1.165, 1.54) is 22.3 Å². The second kappa shape index (κ2) is 29.7. The quantitative estimate of drug-likeness (QED) is 0.129. The number of nitrogens with zero attached hydrogens (tertiary/aromatic N) is 5. The topological polar surface area (TPSA) is 34.4 Å². The molecule has 0 saturated carbocycles. The minimum atomic E-state index is -0.677. The molecule has 2 aliphatic heterocycles. The smallest absolute Gasteiger partial charge is 0.143 e. The predicted molar refractivity (Wildman–Crippen MR) is 554 cm³/mol. The fourth-order valence-corrected chi connectivity index (χ4v) is 21.2. The third-order valence-corrected chi connectivity index (χ3v) is 27.6. The zero-order valence-electron chi connectivity index (χ0n) is 83.6. The molecule has 0 spiro atoms. The molecule has 632 valence electrons. The van der Waals surface area contributed by atoms with Crippen molar-refractivity contribution in [3.05, 3.63) is 427 Å². The van der Waals surface area contributed by atoms with Crippen LogP contribution in [0.15, 0.2) is 392 Å². The Labute approximate surface area is 777 Å². The first-order valence-corrected chi connectivity index (χ1v) is 45.7. The van der Waals surface area contributed by atoms with Gasteiger partial charge in [-0.3, -0.25) is 0 Å². The van der Waals surface area contributed by atoms with Gasteiger partial charge in [-0.05, 0) is 197 Å². The van der Waals surface area contributed by atoms with Gasteiger partial charge in [-0.25, -0.2) is 0 Å². The highest BCUT2D eigenvalue weighted by Crippen LogP contribution is 2.67. The zero-order valence-corrected chi connectivity index (χ0v) is 75.6. The van der Waals surface area contributed by atoms with Crippen molar-refractivity contribution >= 4 is 121 Å². The molecule has 6 nitrogen and oxygen atoms in total. The van der Waals surface area contributed by atoms with Crippen molar-refractivity contribution < 1.29 is 15.4 Å². The number of furan rings is 1. The number of hydrogen-bond donors (Lipinski definition) is 0. The number of hydrogen-bond acceptors (Lipinski definition) is 3. The van der Waals surface area contributed by atoms with E-state index in [1.54, 1.807) is 4.57 Å². The lowest BCUT2D eigenvalue weighted by molar-refractivity contribution is 0.569. The van der Waals surface area contributed by atoms with Crippen LogP contribution in [0.4, 0.5) is 34.1 Å². The highest BCUT2D eigenvalue weighted by Gasteiger charge is 2.46. The molecule has 1 atom stereocenters. The summed E-state index contributed by atoms with van der Waals surface area (Å²) in [6.07, 6.45) is 0. The molecule has 0 bridgehead atoms. The van der Waals surface area contributed by atoms with Crippen molar-refractivity contribution in [3.8, 4) is 83.8 Å². The molecule has 24 rings (SSSR count). The normalized spacial score (nSPS) is 14.4. The maximum Gasteiger partial charge on any atom is 0.143 e. The van der Waals surface area contributed by atoms with Crippen LogP contribution in [-0.4, -0.2) is 13.7 Å². The lowest BCUT2D eigenvalue weighted by atomic mass is 9.73. The molecular weight excluding hydrogens is 1590 g/mol. The summed E-state index contributed by atoms with van der Waals surface area (Å²) >= 11 is 0.